The fourth-order valence-corrected chi connectivity index (χ4v) is 4.16. The Morgan fingerprint density at radius 1 is 1.08 bits per heavy atom. The Morgan fingerprint density at radius 2 is 1.80 bits per heavy atom. The van der Waals surface area contributed by atoms with Crippen molar-refractivity contribution in [1.29, 1.82) is 0 Å². The Balaban J connectivity index is 1.79. The van der Waals surface area contributed by atoms with E-state index in [0.29, 0.717) is 16.8 Å². The zero-order chi connectivity index (χ0) is 18.0. The van der Waals surface area contributed by atoms with Crippen LogP contribution in [0.1, 0.15) is 22.6 Å². The molecule has 130 valence electrons. The van der Waals surface area contributed by atoms with Gasteiger partial charge in [0.15, 0.2) is 0 Å². The molecule has 3 aromatic rings. The van der Waals surface area contributed by atoms with Crippen LogP contribution in [0, 0.1) is 20.8 Å². The summed E-state index contributed by atoms with van der Waals surface area (Å²) in [7, 11) is -3.69. The summed E-state index contributed by atoms with van der Waals surface area (Å²) in [6.07, 6.45) is 1.62. The molecular weight excluding hydrogens is 340 g/mol. The highest BCUT2D eigenvalue weighted by Gasteiger charge is 2.21. The van der Waals surface area contributed by atoms with Crippen LogP contribution in [0.2, 0.25) is 0 Å². The van der Waals surface area contributed by atoms with Gasteiger partial charge in [-0.05, 0) is 44.0 Å². The third kappa shape index (κ3) is 3.75. The highest BCUT2D eigenvalue weighted by atomic mass is 32.2. The lowest BCUT2D eigenvalue weighted by Gasteiger charge is -2.12. The summed E-state index contributed by atoms with van der Waals surface area (Å²) in [4.78, 5) is 4.40. The maximum atomic E-state index is 12.6. The summed E-state index contributed by atoms with van der Waals surface area (Å²) in [5.41, 5.74) is 2.95. The first-order valence-corrected chi connectivity index (χ1v) is 9.16. The van der Waals surface area contributed by atoms with Gasteiger partial charge in [0.05, 0.1) is 11.4 Å². The lowest BCUT2D eigenvalue weighted by Crippen LogP contribution is -2.25. The molecule has 25 heavy (non-hydrogen) atoms. The van der Waals surface area contributed by atoms with Crippen molar-refractivity contribution in [2.24, 2.45) is 0 Å². The molecule has 0 aliphatic heterocycles. The average molecular weight is 358 g/mol. The maximum Gasteiger partial charge on any atom is 0.266 e. The van der Waals surface area contributed by atoms with Crippen LogP contribution in [-0.4, -0.2) is 23.6 Å². The fraction of sp³-hybridized carbons (Fsp3) is 0.235. The third-order valence-corrected chi connectivity index (χ3v) is 5.34. The van der Waals surface area contributed by atoms with E-state index in [1.807, 2.05) is 19.1 Å². The molecule has 0 saturated heterocycles. The van der Waals surface area contributed by atoms with E-state index in [1.54, 1.807) is 38.2 Å². The molecular formula is C17H18N4O3S. The van der Waals surface area contributed by atoms with Crippen molar-refractivity contribution in [1.82, 2.24) is 19.9 Å². The summed E-state index contributed by atoms with van der Waals surface area (Å²) >= 11 is 0. The molecule has 0 unspecified atom stereocenters. The number of sulfonamides is 1. The second-order valence-corrected chi connectivity index (χ2v) is 7.47. The molecule has 0 radical (unpaired) electrons. The molecule has 2 aromatic heterocycles. The summed E-state index contributed by atoms with van der Waals surface area (Å²) in [6, 6.07) is 9.00. The normalized spacial score (nSPS) is 11.6. The van der Waals surface area contributed by atoms with Gasteiger partial charge in [-0.3, -0.25) is 4.98 Å². The van der Waals surface area contributed by atoms with Crippen LogP contribution in [0.3, 0.4) is 0 Å². The van der Waals surface area contributed by atoms with Gasteiger partial charge in [-0.15, -0.1) is 10.2 Å². The van der Waals surface area contributed by atoms with Crippen LogP contribution in [0.5, 0.6) is 0 Å². The SMILES string of the molecule is Cc1cc(C)c(S(=O)(=O)NCc2nnc(-c3ccccn3)o2)c(C)c1. The van der Waals surface area contributed by atoms with Crippen molar-refractivity contribution in [3.63, 3.8) is 0 Å². The number of aromatic nitrogens is 3. The number of hydrogen-bond donors (Lipinski definition) is 1. The molecule has 3 rings (SSSR count). The Bertz CT molecular complexity index is 975. The van der Waals surface area contributed by atoms with Gasteiger partial charge in [0.25, 0.3) is 5.89 Å². The molecule has 8 heteroatoms. The number of benzene rings is 1. The molecule has 0 amide bonds. The topological polar surface area (TPSA) is 98.0 Å². The number of nitrogens with zero attached hydrogens (tertiary/aromatic N) is 3. The van der Waals surface area contributed by atoms with Gasteiger partial charge in [-0.2, -0.15) is 0 Å². The molecule has 0 fully saturated rings. The van der Waals surface area contributed by atoms with Crippen molar-refractivity contribution in [2.45, 2.75) is 32.2 Å². The highest BCUT2D eigenvalue weighted by Crippen LogP contribution is 2.22. The van der Waals surface area contributed by atoms with Gasteiger partial charge < -0.3 is 4.42 Å². The molecule has 0 atom stereocenters. The Morgan fingerprint density at radius 3 is 2.44 bits per heavy atom. The molecule has 0 aliphatic carbocycles. The third-order valence-electron chi connectivity index (χ3n) is 3.64. The van der Waals surface area contributed by atoms with E-state index in [-0.39, 0.29) is 23.2 Å². The predicted molar refractivity (Wildman–Crippen MR) is 92.2 cm³/mol. The minimum atomic E-state index is -3.69. The largest absolute Gasteiger partial charge is 0.418 e. The van der Waals surface area contributed by atoms with Crippen molar-refractivity contribution in [3.05, 3.63) is 59.1 Å². The first-order valence-electron chi connectivity index (χ1n) is 7.68. The minimum Gasteiger partial charge on any atom is -0.418 e. The number of rotatable bonds is 5. The summed E-state index contributed by atoms with van der Waals surface area (Å²) in [6.45, 7) is 5.40. The van der Waals surface area contributed by atoms with Crippen molar-refractivity contribution < 1.29 is 12.8 Å². The summed E-state index contributed by atoms with van der Waals surface area (Å²) < 4.78 is 33.2. The molecule has 1 aromatic carbocycles. The Kier molecular flexibility index (Phi) is 4.65. The fourth-order valence-electron chi connectivity index (χ4n) is 2.74. The summed E-state index contributed by atoms with van der Waals surface area (Å²) in [5.74, 6) is 0.421. The van der Waals surface area contributed by atoms with E-state index in [9.17, 15) is 8.42 Å². The average Bonchev–Trinajstić information content (AvgIpc) is 3.02. The summed E-state index contributed by atoms with van der Waals surface area (Å²) in [5, 5.41) is 7.76. The first-order chi connectivity index (χ1) is 11.9. The smallest absolute Gasteiger partial charge is 0.266 e. The lowest BCUT2D eigenvalue weighted by molar-refractivity contribution is 0.493. The zero-order valence-corrected chi connectivity index (χ0v) is 15.0. The number of nitrogens with one attached hydrogen (secondary N) is 1. The second-order valence-electron chi connectivity index (χ2n) is 5.77. The van der Waals surface area contributed by atoms with Gasteiger partial charge in [0.1, 0.15) is 5.69 Å². The van der Waals surface area contributed by atoms with Gasteiger partial charge in [0, 0.05) is 6.20 Å². The van der Waals surface area contributed by atoms with E-state index >= 15 is 0 Å². The molecule has 0 saturated carbocycles. The van der Waals surface area contributed by atoms with Crippen molar-refractivity contribution in [2.75, 3.05) is 0 Å². The maximum absolute atomic E-state index is 12.6. The van der Waals surface area contributed by atoms with E-state index in [1.165, 1.54) is 0 Å². The molecule has 7 nitrogen and oxygen atoms in total. The Labute approximate surface area is 146 Å². The second kappa shape index (κ2) is 6.73. The molecule has 0 bridgehead atoms. The minimum absolute atomic E-state index is 0.0884. The zero-order valence-electron chi connectivity index (χ0n) is 14.1. The molecule has 1 N–H and O–H groups in total. The van der Waals surface area contributed by atoms with Crippen LogP contribution >= 0.6 is 0 Å². The molecule has 0 spiro atoms. The lowest BCUT2D eigenvalue weighted by atomic mass is 10.1. The number of hydrogen-bond acceptors (Lipinski definition) is 6. The van der Waals surface area contributed by atoms with Gasteiger partial charge >= 0.3 is 0 Å². The van der Waals surface area contributed by atoms with Crippen molar-refractivity contribution in [3.8, 4) is 11.6 Å². The quantitative estimate of drug-likeness (QED) is 0.752. The van der Waals surface area contributed by atoms with E-state index < -0.39 is 10.0 Å². The monoisotopic (exact) mass is 358 g/mol. The first kappa shape index (κ1) is 17.2. The van der Waals surface area contributed by atoms with Crippen LogP contribution in [0.25, 0.3) is 11.6 Å². The highest BCUT2D eigenvalue weighted by molar-refractivity contribution is 7.89. The van der Waals surface area contributed by atoms with E-state index in [4.69, 9.17) is 4.42 Å². The van der Waals surface area contributed by atoms with Gasteiger partial charge in [0.2, 0.25) is 15.9 Å². The predicted octanol–water partition coefficient (Wildman–Crippen LogP) is 2.54. The van der Waals surface area contributed by atoms with Crippen LogP contribution in [-0.2, 0) is 16.6 Å². The van der Waals surface area contributed by atoms with Gasteiger partial charge in [-0.1, -0.05) is 23.8 Å². The van der Waals surface area contributed by atoms with Crippen molar-refractivity contribution >= 4 is 10.0 Å². The number of pyridine rings is 1. The van der Waals surface area contributed by atoms with Gasteiger partial charge in [-0.25, -0.2) is 13.1 Å². The standard InChI is InChI=1S/C17H18N4O3S/c1-11-8-12(2)16(13(3)9-11)25(22,23)19-10-15-20-21-17(24-15)14-6-4-5-7-18-14/h4-9,19H,10H2,1-3H3. The van der Waals surface area contributed by atoms with E-state index in [2.05, 4.69) is 19.9 Å². The molecule has 0 aliphatic rings. The van der Waals surface area contributed by atoms with Crippen LogP contribution in [0.15, 0.2) is 45.8 Å². The van der Waals surface area contributed by atoms with E-state index in [0.717, 1.165) is 5.56 Å². The van der Waals surface area contributed by atoms with Crippen LogP contribution < -0.4 is 4.72 Å². The molecule has 2 heterocycles. The van der Waals surface area contributed by atoms with Crippen LogP contribution in [0.4, 0.5) is 0 Å². The Hall–Kier alpha value is -2.58. The number of aryl methyl sites for hydroxylation is 3.